The fourth-order valence-electron chi connectivity index (χ4n) is 1.63. The number of sulfonamides is 1. The van der Waals surface area contributed by atoms with Crippen molar-refractivity contribution in [1.82, 2.24) is 4.72 Å². The lowest BCUT2D eigenvalue weighted by Crippen LogP contribution is -2.37. The molecule has 1 aromatic rings. The molecule has 0 amide bonds. The van der Waals surface area contributed by atoms with Crippen molar-refractivity contribution in [2.75, 3.05) is 13.2 Å². The van der Waals surface area contributed by atoms with E-state index in [4.69, 9.17) is 9.84 Å². The molecule has 5 nitrogen and oxygen atoms in total. The van der Waals surface area contributed by atoms with Crippen molar-refractivity contribution < 1.29 is 18.3 Å². The Morgan fingerprint density at radius 1 is 1.37 bits per heavy atom. The van der Waals surface area contributed by atoms with Gasteiger partial charge in [0.05, 0.1) is 13.2 Å². The molecule has 0 spiro atoms. The van der Waals surface area contributed by atoms with Crippen LogP contribution in [0.1, 0.15) is 25.8 Å². The fraction of sp³-hybridized carbons (Fsp3) is 0.538. The average molecular weight is 287 g/mol. The molecule has 0 saturated carbocycles. The van der Waals surface area contributed by atoms with Crippen molar-refractivity contribution in [3.63, 3.8) is 0 Å². The first kappa shape index (κ1) is 15.9. The van der Waals surface area contributed by atoms with Crippen LogP contribution in [0.4, 0.5) is 0 Å². The van der Waals surface area contributed by atoms with Gasteiger partial charge in [0, 0.05) is 6.04 Å². The van der Waals surface area contributed by atoms with Gasteiger partial charge in [-0.15, -0.1) is 0 Å². The predicted octanol–water partition coefficient (Wildman–Crippen LogP) is 1.44. The summed E-state index contributed by atoms with van der Waals surface area (Å²) in [7, 11) is -3.69. The molecule has 1 rings (SSSR count). The van der Waals surface area contributed by atoms with Crippen LogP contribution in [0.15, 0.2) is 23.1 Å². The average Bonchev–Trinajstić information content (AvgIpc) is 2.38. The fourth-order valence-corrected chi connectivity index (χ4v) is 3.17. The van der Waals surface area contributed by atoms with Gasteiger partial charge >= 0.3 is 0 Å². The Balaban J connectivity index is 3.15. The summed E-state index contributed by atoms with van der Waals surface area (Å²) < 4.78 is 32.4. The molecule has 0 aliphatic heterocycles. The van der Waals surface area contributed by atoms with Crippen LogP contribution in [-0.2, 0) is 10.0 Å². The summed E-state index contributed by atoms with van der Waals surface area (Å²) in [5.74, 6) is 0.327. The van der Waals surface area contributed by atoms with Crippen molar-refractivity contribution in [3.05, 3.63) is 23.8 Å². The van der Waals surface area contributed by atoms with E-state index in [1.54, 1.807) is 25.1 Å². The third-order valence-electron chi connectivity index (χ3n) is 2.72. The van der Waals surface area contributed by atoms with Gasteiger partial charge in [-0.1, -0.05) is 13.0 Å². The number of hydrogen-bond acceptors (Lipinski definition) is 4. The van der Waals surface area contributed by atoms with Gasteiger partial charge in [0.25, 0.3) is 0 Å². The lowest BCUT2D eigenvalue weighted by molar-refractivity contribution is 0.253. The number of benzene rings is 1. The summed E-state index contributed by atoms with van der Waals surface area (Å²) in [6.45, 7) is 5.59. The minimum atomic E-state index is -3.69. The van der Waals surface area contributed by atoms with E-state index in [9.17, 15) is 8.42 Å². The number of hydrogen-bond donors (Lipinski definition) is 2. The second-order valence-corrected chi connectivity index (χ2v) is 5.97. The van der Waals surface area contributed by atoms with Crippen molar-refractivity contribution in [3.8, 4) is 5.75 Å². The maximum absolute atomic E-state index is 12.3. The molecule has 0 heterocycles. The van der Waals surface area contributed by atoms with Gasteiger partial charge in [-0.2, -0.15) is 0 Å². The highest BCUT2D eigenvalue weighted by Gasteiger charge is 2.22. The molecule has 108 valence electrons. The van der Waals surface area contributed by atoms with Gasteiger partial charge in [0.1, 0.15) is 10.6 Å². The zero-order valence-corrected chi connectivity index (χ0v) is 12.3. The zero-order valence-electron chi connectivity index (χ0n) is 11.5. The number of aliphatic hydroxyl groups is 1. The summed E-state index contributed by atoms with van der Waals surface area (Å²) in [6.07, 6.45) is 0.519. The van der Waals surface area contributed by atoms with Crippen LogP contribution in [-0.4, -0.2) is 32.8 Å². The smallest absolute Gasteiger partial charge is 0.244 e. The lowest BCUT2D eigenvalue weighted by Gasteiger charge is -2.17. The van der Waals surface area contributed by atoms with Crippen LogP contribution in [0, 0.1) is 6.92 Å². The minimum Gasteiger partial charge on any atom is -0.492 e. The Morgan fingerprint density at radius 2 is 2.05 bits per heavy atom. The van der Waals surface area contributed by atoms with Crippen LogP contribution in [0.3, 0.4) is 0 Å². The predicted molar refractivity (Wildman–Crippen MR) is 73.8 cm³/mol. The number of aryl methyl sites for hydroxylation is 1. The molecular weight excluding hydrogens is 266 g/mol. The Kier molecular flexibility index (Phi) is 5.78. The number of ether oxygens (including phenoxy) is 1. The largest absolute Gasteiger partial charge is 0.492 e. The Hall–Kier alpha value is -1.11. The molecule has 0 bridgehead atoms. The van der Waals surface area contributed by atoms with E-state index < -0.39 is 16.1 Å². The van der Waals surface area contributed by atoms with Gasteiger partial charge in [-0.05, 0) is 38.0 Å². The normalized spacial score (nSPS) is 13.3. The minimum absolute atomic E-state index is 0.112. The number of rotatable bonds is 7. The summed E-state index contributed by atoms with van der Waals surface area (Å²) >= 11 is 0. The highest BCUT2D eigenvalue weighted by atomic mass is 32.2. The van der Waals surface area contributed by atoms with E-state index in [0.29, 0.717) is 18.8 Å². The second-order valence-electron chi connectivity index (χ2n) is 4.29. The van der Waals surface area contributed by atoms with Gasteiger partial charge in [-0.25, -0.2) is 13.1 Å². The van der Waals surface area contributed by atoms with Crippen molar-refractivity contribution in [1.29, 1.82) is 0 Å². The van der Waals surface area contributed by atoms with Gasteiger partial charge in [0.15, 0.2) is 0 Å². The topological polar surface area (TPSA) is 75.6 Å². The maximum atomic E-state index is 12.3. The molecule has 1 aromatic carbocycles. The second kappa shape index (κ2) is 6.88. The summed E-state index contributed by atoms with van der Waals surface area (Å²) in [4.78, 5) is 0.112. The molecule has 0 aliphatic carbocycles. The van der Waals surface area contributed by atoms with E-state index in [0.717, 1.165) is 5.56 Å². The molecule has 1 atom stereocenters. The first-order chi connectivity index (χ1) is 8.94. The van der Waals surface area contributed by atoms with Gasteiger partial charge < -0.3 is 9.84 Å². The van der Waals surface area contributed by atoms with E-state index in [1.807, 2.05) is 13.8 Å². The first-order valence-corrected chi connectivity index (χ1v) is 7.79. The standard InChI is InChI=1S/C13H21NO4S/c1-4-11(9-15)14-19(16,17)13-8-10(3)6-7-12(13)18-5-2/h6-8,11,14-15H,4-5,9H2,1-3H3. The van der Waals surface area contributed by atoms with Crippen LogP contribution in [0.5, 0.6) is 5.75 Å². The Bertz CT molecular complexity index is 509. The molecule has 0 saturated heterocycles. The lowest BCUT2D eigenvalue weighted by atomic mass is 10.2. The summed E-state index contributed by atoms with van der Waals surface area (Å²) in [6, 6.07) is 4.53. The number of aliphatic hydroxyl groups excluding tert-OH is 1. The molecule has 0 fully saturated rings. The first-order valence-electron chi connectivity index (χ1n) is 6.31. The van der Waals surface area contributed by atoms with Crippen LogP contribution >= 0.6 is 0 Å². The quantitative estimate of drug-likeness (QED) is 0.795. The zero-order chi connectivity index (χ0) is 14.5. The maximum Gasteiger partial charge on any atom is 0.244 e. The Labute approximate surface area is 114 Å². The van der Waals surface area contributed by atoms with E-state index in [1.165, 1.54) is 0 Å². The molecule has 0 aromatic heterocycles. The van der Waals surface area contributed by atoms with E-state index in [-0.39, 0.29) is 11.5 Å². The van der Waals surface area contributed by atoms with E-state index in [2.05, 4.69) is 4.72 Å². The molecule has 0 aliphatic rings. The van der Waals surface area contributed by atoms with Crippen LogP contribution in [0.2, 0.25) is 0 Å². The summed E-state index contributed by atoms with van der Waals surface area (Å²) in [5.41, 5.74) is 0.834. The third-order valence-corrected chi connectivity index (χ3v) is 4.27. The monoisotopic (exact) mass is 287 g/mol. The Morgan fingerprint density at radius 3 is 2.58 bits per heavy atom. The molecular formula is C13H21NO4S. The molecule has 0 radical (unpaired) electrons. The molecule has 1 unspecified atom stereocenters. The SMILES string of the molecule is CCOc1ccc(C)cc1S(=O)(=O)NC(CC)CO. The summed E-state index contributed by atoms with van der Waals surface area (Å²) in [5, 5.41) is 9.11. The van der Waals surface area contributed by atoms with Crippen LogP contribution in [0.25, 0.3) is 0 Å². The highest BCUT2D eigenvalue weighted by molar-refractivity contribution is 7.89. The molecule has 2 N–H and O–H groups in total. The van der Waals surface area contributed by atoms with Gasteiger partial charge in [-0.3, -0.25) is 0 Å². The molecule has 19 heavy (non-hydrogen) atoms. The van der Waals surface area contributed by atoms with Gasteiger partial charge in [0.2, 0.25) is 10.0 Å². The highest BCUT2D eigenvalue weighted by Crippen LogP contribution is 2.25. The van der Waals surface area contributed by atoms with E-state index >= 15 is 0 Å². The van der Waals surface area contributed by atoms with Crippen molar-refractivity contribution in [2.45, 2.75) is 38.1 Å². The number of nitrogens with one attached hydrogen (secondary N) is 1. The van der Waals surface area contributed by atoms with Crippen molar-refractivity contribution >= 4 is 10.0 Å². The van der Waals surface area contributed by atoms with Crippen molar-refractivity contribution in [2.24, 2.45) is 0 Å². The molecule has 6 heteroatoms. The van der Waals surface area contributed by atoms with Crippen LogP contribution < -0.4 is 9.46 Å². The third kappa shape index (κ3) is 4.19.